The lowest BCUT2D eigenvalue weighted by molar-refractivity contribution is 0.104. The van der Waals surface area contributed by atoms with Gasteiger partial charge in [-0.2, -0.15) is 0 Å². The van der Waals surface area contributed by atoms with E-state index in [1.165, 1.54) is 0 Å². The van der Waals surface area contributed by atoms with Gasteiger partial charge < -0.3 is 20.5 Å². The van der Waals surface area contributed by atoms with E-state index in [1.54, 1.807) is 18.2 Å². The zero-order valence-corrected chi connectivity index (χ0v) is 10.7. The normalized spacial score (nSPS) is 20.2. The summed E-state index contributed by atoms with van der Waals surface area (Å²) in [6.07, 6.45) is -0.679. The van der Waals surface area contributed by atoms with Gasteiger partial charge in [0.1, 0.15) is 12.4 Å². The van der Waals surface area contributed by atoms with Gasteiger partial charge >= 0.3 is 6.09 Å². The molecule has 1 heterocycles. The standard InChI is InChI=1S/C12H15ClN2O3/c1-7(14)10-4-8(13)2-3-11(10)17-6-9-5-15-12(16)18-9/h2-4,7,9H,5-6,14H2,1H3,(H,15,16)/t7-,9?/m1/s1. The molecule has 1 unspecified atom stereocenters. The predicted octanol–water partition coefficient (Wildman–Crippen LogP) is 1.85. The first-order valence-corrected chi connectivity index (χ1v) is 6.06. The summed E-state index contributed by atoms with van der Waals surface area (Å²) in [5.74, 6) is 0.664. The summed E-state index contributed by atoms with van der Waals surface area (Å²) in [4.78, 5) is 10.9. The minimum Gasteiger partial charge on any atom is -0.489 e. The van der Waals surface area contributed by atoms with Crippen LogP contribution in [0.15, 0.2) is 18.2 Å². The van der Waals surface area contributed by atoms with Crippen molar-refractivity contribution >= 4 is 17.7 Å². The molecule has 6 heteroatoms. The van der Waals surface area contributed by atoms with E-state index in [9.17, 15) is 4.79 Å². The lowest BCUT2D eigenvalue weighted by Crippen LogP contribution is -2.22. The molecule has 0 aliphatic carbocycles. The highest BCUT2D eigenvalue weighted by atomic mass is 35.5. The van der Waals surface area contributed by atoms with Crippen LogP contribution in [0.3, 0.4) is 0 Å². The van der Waals surface area contributed by atoms with Gasteiger partial charge in [0.15, 0.2) is 6.10 Å². The van der Waals surface area contributed by atoms with Crippen LogP contribution in [0.2, 0.25) is 5.02 Å². The van der Waals surface area contributed by atoms with E-state index in [2.05, 4.69) is 5.32 Å². The Kier molecular flexibility index (Phi) is 3.93. The van der Waals surface area contributed by atoms with E-state index >= 15 is 0 Å². The number of nitrogens with one attached hydrogen (secondary N) is 1. The SMILES string of the molecule is C[C@@H](N)c1cc(Cl)ccc1OCC1CNC(=O)O1. The maximum atomic E-state index is 10.9. The van der Waals surface area contributed by atoms with Crippen LogP contribution in [0.5, 0.6) is 5.75 Å². The number of hydrogen-bond donors (Lipinski definition) is 2. The van der Waals surface area contributed by atoms with Gasteiger partial charge in [-0.25, -0.2) is 4.79 Å². The Labute approximate surface area is 110 Å². The van der Waals surface area contributed by atoms with E-state index in [1.807, 2.05) is 6.92 Å². The Morgan fingerprint density at radius 1 is 1.67 bits per heavy atom. The Morgan fingerprint density at radius 3 is 3.06 bits per heavy atom. The Hall–Kier alpha value is -1.46. The molecular weight excluding hydrogens is 256 g/mol. The third-order valence-corrected chi connectivity index (χ3v) is 2.87. The predicted molar refractivity (Wildman–Crippen MR) is 67.8 cm³/mol. The van der Waals surface area contributed by atoms with Crippen LogP contribution in [0.1, 0.15) is 18.5 Å². The van der Waals surface area contributed by atoms with Crippen LogP contribution >= 0.6 is 11.6 Å². The number of alkyl carbamates (subject to hydrolysis) is 1. The average Bonchev–Trinajstić information content (AvgIpc) is 2.73. The van der Waals surface area contributed by atoms with Crippen molar-refractivity contribution in [3.8, 4) is 5.75 Å². The van der Waals surface area contributed by atoms with Crippen molar-refractivity contribution in [1.29, 1.82) is 0 Å². The maximum absolute atomic E-state index is 10.9. The molecule has 0 aromatic heterocycles. The van der Waals surface area contributed by atoms with Crippen LogP contribution in [0.25, 0.3) is 0 Å². The van der Waals surface area contributed by atoms with Crippen molar-refractivity contribution in [2.75, 3.05) is 13.2 Å². The number of nitrogens with two attached hydrogens (primary N) is 1. The molecule has 98 valence electrons. The summed E-state index contributed by atoms with van der Waals surface area (Å²) in [5.41, 5.74) is 6.69. The molecule has 1 amide bonds. The summed E-state index contributed by atoms with van der Waals surface area (Å²) in [7, 11) is 0. The number of benzene rings is 1. The first kappa shape index (κ1) is 13.0. The molecule has 3 N–H and O–H groups in total. The number of carbonyl (C=O) groups excluding carboxylic acids is 1. The average molecular weight is 271 g/mol. The van der Waals surface area contributed by atoms with Crippen molar-refractivity contribution in [3.63, 3.8) is 0 Å². The molecule has 1 aliphatic heterocycles. The second kappa shape index (κ2) is 5.46. The fourth-order valence-electron chi connectivity index (χ4n) is 1.71. The zero-order chi connectivity index (χ0) is 13.1. The number of amides is 1. The number of cyclic esters (lactones) is 1. The van der Waals surface area contributed by atoms with E-state index in [-0.39, 0.29) is 12.1 Å². The summed E-state index contributed by atoms with van der Waals surface area (Å²) >= 11 is 5.92. The molecular formula is C12H15ClN2O3. The van der Waals surface area contributed by atoms with Crippen molar-refractivity contribution in [2.24, 2.45) is 5.73 Å². The van der Waals surface area contributed by atoms with Crippen LogP contribution in [0.4, 0.5) is 4.79 Å². The molecule has 0 saturated carbocycles. The van der Waals surface area contributed by atoms with E-state index in [0.717, 1.165) is 5.56 Å². The molecule has 2 rings (SSSR count). The van der Waals surface area contributed by atoms with Gasteiger partial charge in [0.2, 0.25) is 0 Å². The number of hydrogen-bond acceptors (Lipinski definition) is 4. The Morgan fingerprint density at radius 2 is 2.44 bits per heavy atom. The molecule has 1 fully saturated rings. The van der Waals surface area contributed by atoms with Crippen LogP contribution in [-0.4, -0.2) is 25.3 Å². The Bertz CT molecular complexity index is 451. The van der Waals surface area contributed by atoms with Crippen LogP contribution in [-0.2, 0) is 4.74 Å². The lowest BCUT2D eigenvalue weighted by atomic mass is 10.1. The zero-order valence-electron chi connectivity index (χ0n) is 9.98. The molecule has 2 atom stereocenters. The monoisotopic (exact) mass is 270 g/mol. The van der Waals surface area contributed by atoms with Crippen molar-refractivity contribution < 1.29 is 14.3 Å². The largest absolute Gasteiger partial charge is 0.489 e. The van der Waals surface area contributed by atoms with E-state index < -0.39 is 6.09 Å². The fourth-order valence-corrected chi connectivity index (χ4v) is 1.89. The minimum atomic E-state index is -0.410. The second-order valence-electron chi connectivity index (χ2n) is 4.19. The lowest BCUT2D eigenvalue weighted by Gasteiger charge is -2.16. The highest BCUT2D eigenvalue weighted by molar-refractivity contribution is 6.30. The fraction of sp³-hybridized carbons (Fsp3) is 0.417. The van der Waals surface area contributed by atoms with Gasteiger partial charge in [-0.3, -0.25) is 0 Å². The first-order valence-electron chi connectivity index (χ1n) is 5.68. The molecule has 0 radical (unpaired) electrons. The first-order chi connectivity index (χ1) is 8.56. The van der Waals surface area contributed by atoms with Crippen LogP contribution in [0, 0.1) is 0 Å². The van der Waals surface area contributed by atoms with Gasteiger partial charge in [-0.1, -0.05) is 11.6 Å². The molecule has 0 bridgehead atoms. The highest BCUT2D eigenvalue weighted by Gasteiger charge is 2.23. The molecule has 1 aromatic rings. The molecule has 1 saturated heterocycles. The summed E-state index contributed by atoms with van der Waals surface area (Å²) < 4.78 is 10.6. The number of rotatable bonds is 4. The number of halogens is 1. The molecule has 18 heavy (non-hydrogen) atoms. The highest BCUT2D eigenvalue weighted by Crippen LogP contribution is 2.27. The molecule has 1 aromatic carbocycles. The molecule has 1 aliphatic rings. The van der Waals surface area contributed by atoms with Crippen molar-refractivity contribution in [2.45, 2.75) is 19.1 Å². The van der Waals surface area contributed by atoms with Gasteiger partial charge in [0.25, 0.3) is 0 Å². The van der Waals surface area contributed by atoms with Crippen molar-refractivity contribution in [3.05, 3.63) is 28.8 Å². The van der Waals surface area contributed by atoms with Gasteiger partial charge in [0, 0.05) is 16.6 Å². The van der Waals surface area contributed by atoms with Gasteiger partial charge in [0.05, 0.1) is 6.54 Å². The molecule has 0 spiro atoms. The third-order valence-electron chi connectivity index (χ3n) is 2.63. The van der Waals surface area contributed by atoms with E-state index in [0.29, 0.717) is 23.9 Å². The number of ether oxygens (including phenoxy) is 2. The summed E-state index contributed by atoms with van der Waals surface area (Å²) in [5, 5.41) is 3.18. The number of carbonyl (C=O) groups is 1. The maximum Gasteiger partial charge on any atom is 0.407 e. The van der Waals surface area contributed by atoms with Crippen molar-refractivity contribution in [1.82, 2.24) is 5.32 Å². The van der Waals surface area contributed by atoms with Crippen LogP contribution < -0.4 is 15.8 Å². The van der Waals surface area contributed by atoms with E-state index in [4.69, 9.17) is 26.8 Å². The van der Waals surface area contributed by atoms with Gasteiger partial charge in [-0.05, 0) is 25.1 Å². The Balaban J connectivity index is 2.02. The quantitative estimate of drug-likeness (QED) is 0.876. The summed E-state index contributed by atoms with van der Waals surface area (Å²) in [6.45, 7) is 2.61. The molecule has 5 nitrogen and oxygen atoms in total. The second-order valence-corrected chi connectivity index (χ2v) is 4.63. The topological polar surface area (TPSA) is 73.6 Å². The third kappa shape index (κ3) is 3.05. The minimum absolute atomic E-state index is 0.178. The smallest absolute Gasteiger partial charge is 0.407 e. The van der Waals surface area contributed by atoms with Gasteiger partial charge in [-0.15, -0.1) is 0 Å². The summed E-state index contributed by atoms with van der Waals surface area (Å²) in [6, 6.07) is 5.11.